The van der Waals surface area contributed by atoms with Crippen LogP contribution in [-0.2, 0) is 11.3 Å². The van der Waals surface area contributed by atoms with Crippen LogP contribution in [-0.4, -0.2) is 41.5 Å². The molecule has 0 bridgehead atoms. The van der Waals surface area contributed by atoms with E-state index in [0.29, 0.717) is 13.1 Å². The van der Waals surface area contributed by atoms with E-state index in [0.717, 1.165) is 23.6 Å². The molecule has 1 saturated heterocycles. The van der Waals surface area contributed by atoms with Gasteiger partial charge in [0.05, 0.1) is 18.3 Å². The van der Waals surface area contributed by atoms with Crippen LogP contribution in [0.5, 0.6) is 0 Å². The fraction of sp³-hybridized carbons (Fsp3) is 0.667. The zero-order valence-corrected chi connectivity index (χ0v) is 12.8. The van der Waals surface area contributed by atoms with Gasteiger partial charge in [0.25, 0.3) is 0 Å². The highest BCUT2D eigenvalue weighted by Gasteiger charge is 2.34. The number of aryl methyl sites for hydroxylation is 2. The number of aromatic nitrogens is 1. The molecule has 1 atom stereocenters. The van der Waals surface area contributed by atoms with Crippen LogP contribution in [0.25, 0.3) is 0 Å². The summed E-state index contributed by atoms with van der Waals surface area (Å²) in [5.74, 6) is 0.930. The van der Waals surface area contributed by atoms with Crippen molar-refractivity contribution in [3.8, 4) is 0 Å². The Kier molecular flexibility index (Phi) is 4.32. The van der Waals surface area contributed by atoms with E-state index in [4.69, 9.17) is 10.5 Å². The molecule has 112 valence electrons. The van der Waals surface area contributed by atoms with Crippen LogP contribution < -0.4 is 10.6 Å². The second-order valence-corrected chi connectivity index (χ2v) is 6.15. The molecule has 5 nitrogen and oxygen atoms in total. The largest absolute Gasteiger partial charge is 0.394 e. The number of nitrogens with two attached hydrogens (primary N) is 1. The Hall–Kier alpha value is -1.17. The summed E-state index contributed by atoms with van der Waals surface area (Å²) in [7, 11) is 0. The van der Waals surface area contributed by atoms with Gasteiger partial charge >= 0.3 is 0 Å². The highest BCUT2D eigenvalue weighted by Crippen LogP contribution is 2.28. The predicted molar refractivity (Wildman–Crippen MR) is 79.9 cm³/mol. The van der Waals surface area contributed by atoms with E-state index >= 15 is 0 Å². The average molecular weight is 279 g/mol. The van der Waals surface area contributed by atoms with Gasteiger partial charge in [0.1, 0.15) is 5.82 Å². The van der Waals surface area contributed by atoms with E-state index in [2.05, 4.69) is 22.9 Å². The van der Waals surface area contributed by atoms with Gasteiger partial charge in [-0.3, -0.25) is 0 Å². The van der Waals surface area contributed by atoms with E-state index < -0.39 is 0 Å². The van der Waals surface area contributed by atoms with Crippen molar-refractivity contribution in [2.24, 2.45) is 5.73 Å². The Balaban J connectivity index is 2.39. The maximum Gasteiger partial charge on any atom is 0.133 e. The molecule has 1 aromatic heterocycles. The molecule has 2 rings (SSSR count). The number of morpholine rings is 1. The number of aliphatic hydroxyl groups is 1. The Morgan fingerprint density at radius 2 is 2.20 bits per heavy atom. The van der Waals surface area contributed by atoms with E-state index in [1.807, 2.05) is 20.8 Å². The highest BCUT2D eigenvalue weighted by molar-refractivity contribution is 5.52. The lowest BCUT2D eigenvalue weighted by Crippen LogP contribution is -2.54. The lowest BCUT2D eigenvalue weighted by Gasteiger charge is -2.43. The minimum absolute atomic E-state index is 0.0166. The molecule has 0 spiro atoms. The standard InChI is InChI=1S/C15H25N3O2/c1-10-5-11(2)17-14(13(10)6-16)18-7-12(8-19)20-15(3,4)9-18/h5,12,19H,6-9,16H2,1-4H3. The first-order valence-corrected chi connectivity index (χ1v) is 7.07. The summed E-state index contributed by atoms with van der Waals surface area (Å²) in [6.07, 6.45) is -0.188. The second kappa shape index (κ2) is 5.68. The van der Waals surface area contributed by atoms with Crippen LogP contribution in [0.4, 0.5) is 5.82 Å². The van der Waals surface area contributed by atoms with Gasteiger partial charge in [0, 0.05) is 30.9 Å². The van der Waals surface area contributed by atoms with Crippen LogP contribution >= 0.6 is 0 Å². The molecular weight excluding hydrogens is 254 g/mol. The SMILES string of the molecule is Cc1cc(C)c(CN)c(N2CC(CO)OC(C)(C)C2)n1. The third kappa shape index (κ3) is 3.11. The molecule has 0 radical (unpaired) electrons. The van der Waals surface area contributed by atoms with Crippen molar-refractivity contribution in [1.82, 2.24) is 4.98 Å². The topological polar surface area (TPSA) is 71.6 Å². The van der Waals surface area contributed by atoms with Gasteiger partial charge in [0.15, 0.2) is 0 Å². The molecule has 5 heteroatoms. The first-order chi connectivity index (χ1) is 9.36. The summed E-state index contributed by atoms with van der Waals surface area (Å²) in [6, 6.07) is 2.06. The fourth-order valence-corrected chi connectivity index (χ4v) is 2.91. The average Bonchev–Trinajstić information content (AvgIpc) is 2.36. The summed E-state index contributed by atoms with van der Waals surface area (Å²) in [5.41, 5.74) is 8.81. The number of nitrogens with zero attached hydrogens (tertiary/aromatic N) is 2. The third-order valence-corrected chi connectivity index (χ3v) is 3.64. The summed E-state index contributed by atoms with van der Waals surface area (Å²) in [5, 5.41) is 9.43. The van der Waals surface area contributed by atoms with Crippen molar-refractivity contribution in [2.45, 2.75) is 45.9 Å². The molecule has 3 N–H and O–H groups in total. The molecular formula is C15H25N3O2. The number of hydrogen-bond donors (Lipinski definition) is 2. The van der Waals surface area contributed by atoms with Crippen LogP contribution in [0, 0.1) is 13.8 Å². The smallest absolute Gasteiger partial charge is 0.133 e. The zero-order chi connectivity index (χ0) is 14.9. The Morgan fingerprint density at radius 1 is 1.50 bits per heavy atom. The molecule has 1 fully saturated rings. The second-order valence-electron chi connectivity index (χ2n) is 6.15. The van der Waals surface area contributed by atoms with E-state index in [1.54, 1.807) is 0 Å². The normalized spacial score (nSPS) is 22.1. The van der Waals surface area contributed by atoms with Crippen LogP contribution in [0.15, 0.2) is 6.07 Å². The number of aliphatic hydroxyl groups excluding tert-OH is 1. The lowest BCUT2D eigenvalue weighted by molar-refractivity contribution is -0.101. The third-order valence-electron chi connectivity index (χ3n) is 3.64. The number of ether oxygens (including phenoxy) is 1. The highest BCUT2D eigenvalue weighted by atomic mass is 16.5. The van der Waals surface area contributed by atoms with Crippen molar-refractivity contribution in [3.63, 3.8) is 0 Å². The number of rotatable bonds is 3. The van der Waals surface area contributed by atoms with Gasteiger partial charge < -0.3 is 20.5 Å². The summed E-state index contributed by atoms with van der Waals surface area (Å²) >= 11 is 0. The lowest BCUT2D eigenvalue weighted by atomic mass is 10.0. The monoisotopic (exact) mass is 279 g/mol. The molecule has 0 aliphatic carbocycles. The van der Waals surface area contributed by atoms with Crippen molar-refractivity contribution < 1.29 is 9.84 Å². The minimum atomic E-state index is -0.309. The molecule has 20 heavy (non-hydrogen) atoms. The summed E-state index contributed by atoms with van der Waals surface area (Å²) in [6.45, 7) is 9.99. The zero-order valence-electron chi connectivity index (χ0n) is 12.8. The van der Waals surface area contributed by atoms with Crippen molar-refractivity contribution in [2.75, 3.05) is 24.6 Å². The van der Waals surface area contributed by atoms with Gasteiger partial charge in [-0.05, 0) is 39.3 Å². The Morgan fingerprint density at radius 3 is 2.80 bits per heavy atom. The van der Waals surface area contributed by atoms with Gasteiger partial charge in [-0.15, -0.1) is 0 Å². The number of pyridine rings is 1. The van der Waals surface area contributed by atoms with E-state index in [9.17, 15) is 5.11 Å². The molecule has 2 heterocycles. The molecule has 1 aliphatic heterocycles. The number of anilines is 1. The molecule has 0 aromatic carbocycles. The van der Waals surface area contributed by atoms with E-state index in [-0.39, 0.29) is 18.3 Å². The summed E-state index contributed by atoms with van der Waals surface area (Å²) in [4.78, 5) is 6.86. The fourth-order valence-electron chi connectivity index (χ4n) is 2.91. The number of hydrogen-bond acceptors (Lipinski definition) is 5. The molecule has 1 unspecified atom stereocenters. The first kappa shape index (κ1) is 15.2. The predicted octanol–water partition coefficient (Wildman–Crippen LogP) is 1.13. The molecule has 0 saturated carbocycles. The van der Waals surface area contributed by atoms with Crippen molar-refractivity contribution in [3.05, 3.63) is 22.9 Å². The van der Waals surface area contributed by atoms with E-state index in [1.165, 1.54) is 5.56 Å². The van der Waals surface area contributed by atoms with Gasteiger partial charge in [-0.2, -0.15) is 0 Å². The first-order valence-electron chi connectivity index (χ1n) is 7.07. The Bertz CT molecular complexity index is 488. The van der Waals surface area contributed by atoms with Crippen LogP contribution in [0.2, 0.25) is 0 Å². The Labute approximate surface area is 120 Å². The van der Waals surface area contributed by atoms with Gasteiger partial charge in [0.2, 0.25) is 0 Å². The van der Waals surface area contributed by atoms with Crippen molar-refractivity contribution in [1.29, 1.82) is 0 Å². The molecule has 0 amide bonds. The van der Waals surface area contributed by atoms with Gasteiger partial charge in [-0.25, -0.2) is 4.98 Å². The maximum absolute atomic E-state index is 9.43. The minimum Gasteiger partial charge on any atom is -0.394 e. The molecule has 1 aliphatic rings. The van der Waals surface area contributed by atoms with Crippen LogP contribution in [0.1, 0.15) is 30.7 Å². The summed E-state index contributed by atoms with van der Waals surface area (Å²) < 4.78 is 5.86. The van der Waals surface area contributed by atoms with Crippen molar-refractivity contribution >= 4 is 5.82 Å². The van der Waals surface area contributed by atoms with Crippen LogP contribution in [0.3, 0.4) is 0 Å². The molecule has 1 aromatic rings. The maximum atomic E-state index is 9.43. The van der Waals surface area contributed by atoms with Gasteiger partial charge in [-0.1, -0.05) is 0 Å². The quantitative estimate of drug-likeness (QED) is 0.868.